The first kappa shape index (κ1) is 24.3. The molecule has 0 bridgehead atoms. The Morgan fingerprint density at radius 1 is 1.09 bits per heavy atom. The third kappa shape index (κ3) is 6.83. The maximum absolute atomic E-state index is 12.4. The van der Waals surface area contributed by atoms with E-state index in [1.807, 2.05) is 6.07 Å². The van der Waals surface area contributed by atoms with Crippen LogP contribution in [0.15, 0.2) is 57.7 Å². The summed E-state index contributed by atoms with van der Waals surface area (Å²) in [6.07, 6.45) is 4.06. The molecule has 7 heteroatoms. The Hall–Kier alpha value is -3.32. The van der Waals surface area contributed by atoms with Crippen LogP contribution >= 0.6 is 0 Å². The van der Waals surface area contributed by atoms with Crippen LogP contribution in [-0.4, -0.2) is 42.7 Å². The van der Waals surface area contributed by atoms with Crippen LogP contribution in [0.3, 0.4) is 0 Å². The van der Waals surface area contributed by atoms with Crippen molar-refractivity contribution in [1.29, 1.82) is 0 Å². The lowest BCUT2D eigenvalue weighted by Crippen LogP contribution is -2.25. The van der Waals surface area contributed by atoms with E-state index in [0.29, 0.717) is 12.3 Å². The lowest BCUT2D eigenvalue weighted by Gasteiger charge is -2.20. The normalized spacial score (nSPS) is 11.1. The summed E-state index contributed by atoms with van der Waals surface area (Å²) in [4.78, 5) is 27.2. The summed E-state index contributed by atoms with van der Waals surface area (Å²) in [5, 5.41) is 12.8. The van der Waals surface area contributed by atoms with Gasteiger partial charge in [-0.25, -0.2) is 0 Å². The largest absolute Gasteiger partial charge is 0.507 e. The molecule has 0 aliphatic rings. The molecular formula is C26H32N2O5. The van der Waals surface area contributed by atoms with Gasteiger partial charge in [-0.2, -0.15) is 0 Å². The van der Waals surface area contributed by atoms with Gasteiger partial charge >= 0.3 is 0 Å². The molecule has 0 fully saturated rings. The van der Waals surface area contributed by atoms with Crippen LogP contribution in [0.1, 0.15) is 48.7 Å². The summed E-state index contributed by atoms with van der Waals surface area (Å²) < 4.78 is 10.6. The molecule has 0 unspecified atom stereocenters. The highest BCUT2D eigenvalue weighted by Gasteiger charge is 2.15. The third-order valence-corrected chi connectivity index (χ3v) is 5.63. The Labute approximate surface area is 194 Å². The number of unbranched alkanes of at least 4 members (excludes halogenated alkanes) is 3. The minimum absolute atomic E-state index is 0.0285. The van der Waals surface area contributed by atoms with E-state index < -0.39 is 11.3 Å². The maximum atomic E-state index is 12.4. The maximum Gasteiger partial charge on any atom is 0.287 e. The van der Waals surface area contributed by atoms with Crippen molar-refractivity contribution in [3.05, 3.63) is 70.1 Å². The average molecular weight is 453 g/mol. The highest BCUT2D eigenvalue weighted by molar-refractivity contribution is 5.94. The Balaban J connectivity index is 1.41. The number of benzene rings is 2. The summed E-state index contributed by atoms with van der Waals surface area (Å²) in [6, 6.07) is 14.4. The highest BCUT2D eigenvalue weighted by atomic mass is 16.5. The fourth-order valence-corrected chi connectivity index (χ4v) is 3.77. The van der Waals surface area contributed by atoms with E-state index in [1.54, 1.807) is 0 Å². The van der Waals surface area contributed by atoms with E-state index in [4.69, 9.17) is 9.15 Å². The number of carbonyl (C=O) groups excluding carboxylic acids is 1. The monoisotopic (exact) mass is 452 g/mol. The molecule has 2 aromatic carbocycles. The lowest BCUT2D eigenvalue weighted by molar-refractivity contribution is 0.0925. The molecule has 0 spiro atoms. The number of nitrogens with zero attached hydrogens (tertiary/aromatic N) is 1. The molecule has 2 N–H and O–H groups in total. The Morgan fingerprint density at radius 3 is 2.58 bits per heavy atom. The second-order valence-corrected chi connectivity index (χ2v) is 8.02. The Kier molecular flexibility index (Phi) is 8.89. The van der Waals surface area contributed by atoms with Crippen LogP contribution in [0, 0.1) is 0 Å². The summed E-state index contributed by atoms with van der Waals surface area (Å²) in [5.74, 6) is -0.433. The first-order chi connectivity index (χ1) is 16.0. The van der Waals surface area contributed by atoms with Gasteiger partial charge < -0.3 is 19.6 Å². The number of hydrogen-bond acceptors (Lipinski definition) is 6. The van der Waals surface area contributed by atoms with Gasteiger partial charge in [0.1, 0.15) is 22.5 Å². The van der Waals surface area contributed by atoms with Gasteiger partial charge in [0.15, 0.2) is 11.2 Å². The second-order valence-electron chi connectivity index (χ2n) is 8.02. The van der Waals surface area contributed by atoms with Crippen molar-refractivity contribution in [1.82, 2.24) is 10.2 Å². The molecule has 3 rings (SSSR count). The van der Waals surface area contributed by atoms with Crippen molar-refractivity contribution in [3.63, 3.8) is 0 Å². The molecule has 0 saturated carbocycles. The van der Waals surface area contributed by atoms with Gasteiger partial charge in [0.05, 0.1) is 7.11 Å². The number of methoxy groups -OCH3 is 1. The molecule has 3 aromatic rings. The summed E-state index contributed by atoms with van der Waals surface area (Å²) >= 11 is 0. The van der Waals surface area contributed by atoms with Gasteiger partial charge in [0.25, 0.3) is 5.91 Å². The average Bonchev–Trinajstić information content (AvgIpc) is 2.82. The number of hydrogen-bond donors (Lipinski definition) is 2. The van der Waals surface area contributed by atoms with Crippen LogP contribution in [0.4, 0.5) is 0 Å². The topological polar surface area (TPSA) is 92.0 Å². The smallest absolute Gasteiger partial charge is 0.287 e. The predicted octanol–water partition coefficient (Wildman–Crippen LogP) is 4.32. The number of rotatable bonds is 12. The number of carbonyl (C=O) groups is 1. The summed E-state index contributed by atoms with van der Waals surface area (Å²) in [7, 11) is 1.44. The zero-order valence-corrected chi connectivity index (χ0v) is 19.3. The van der Waals surface area contributed by atoms with Crippen LogP contribution < -0.4 is 15.5 Å². The number of phenolic OH excluding ortho intramolecular Hbond substituents is 1. The predicted molar refractivity (Wildman–Crippen MR) is 129 cm³/mol. The molecule has 0 atom stereocenters. The van der Waals surface area contributed by atoms with Gasteiger partial charge in [0.2, 0.25) is 0 Å². The minimum atomic E-state index is -0.475. The molecular weight excluding hydrogens is 420 g/mol. The molecule has 1 heterocycles. The van der Waals surface area contributed by atoms with Crippen LogP contribution in [-0.2, 0) is 6.54 Å². The van der Waals surface area contributed by atoms with Crippen molar-refractivity contribution in [2.24, 2.45) is 0 Å². The molecule has 0 radical (unpaired) electrons. The van der Waals surface area contributed by atoms with Crippen molar-refractivity contribution < 1.29 is 19.1 Å². The molecule has 33 heavy (non-hydrogen) atoms. The van der Waals surface area contributed by atoms with Crippen molar-refractivity contribution in [2.45, 2.75) is 39.2 Å². The number of aromatic hydroxyl groups is 1. The summed E-state index contributed by atoms with van der Waals surface area (Å²) in [5.41, 5.74) is 0.967. The SMILES string of the molecule is CCN(CCCCCCNC(=O)c1cc(=O)c2c(O)cc(OC)cc2o1)Cc1ccccc1. The first-order valence-electron chi connectivity index (χ1n) is 11.4. The molecule has 7 nitrogen and oxygen atoms in total. The molecule has 0 saturated heterocycles. The minimum Gasteiger partial charge on any atom is -0.507 e. The molecule has 1 amide bonds. The van der Waals surface area contributed by atoms with Crippen LogP contribution in [0.2, 0.25) is 0 Å². The van der Waals surface area contributed by atoms with Crippen LogP contribution in [0.25, 0.3) is 11.0 Å². The van der Waals surface area contributed by atoms with E-state index in [2.05, 4.69) is 41.4 Å². The second kappa shape index (κ2) is 12.1. The lowest BCUT2D eigenvalue weighted by atomic mass is 10.1. The number of phenols is 1. The quantitative estimate of drug-likeness (QED) is 0.398. The molecule has 0 aliphatic heterocycles. The van der Waals surface area contributed by atoms with Gasteiger partial charge in [-0.3, -0.25) is 14.5 Å². The van der Waals surface area contributed by atoms with Crippen LogP contribution in [0.5, 0.6) is 11.5 Å². The van der Waals surface area contributed by atoms with Gasteiger partial charge in [-0.1, -0.05) is 50.1 Å². The Morgan fingerprint density at radius 2 is 1.85 bits per heavy atom. The number of ether oxygens (including phenoxy) is 1. The van der Waals surface area contributed by atoms with E-state index in [9.17, 15) is 14.7 Å². The van der Waals surface area contributed by atoms with Crippen molar-refractivity contribution in [2.75, 3.05) is 26.7 Å². The summed E-state index contributed by atoms with van der Waals surface area (Å²) in [6.45, 7) is 5.72. The zero-order valence-electron chi connectivity index (χ0n) is 19.3. The van der Waals surface area contributed by atoms with Gasteiger partial charge in [-0.05, 0) is 31.5 Å². The highest BCUT2D eigenvalue weighted by Crippen LogP contribution is 2.28. The van der Waals surface area contributed by atoms with Gasteiger partial charge in [0, 0.05) is 31.3 Å². The fourth-order valence-electron chi connectivity index (χ4n) is 3.77. The van der Waals surface area contributed by atoms with E-state index in [1.165, 1.54) is 24.8 Å². The van der Waals surface area contributed by atoms with Crippen molar-refractivity contribution in [3.8, 4) is 11.5 Å². The van der Waals surface area contributed by atoms with E-state index >= 15 is 0 Å². The standard InChI is InChI=1S/C26H32N2O5/c1-3-28(18-19-11-7-6-8-12-19)14-10-5-4-9-13-27-26(31)24-17-22(30)25-21(29)15-20(32-2)16-23(25)33-24/h6-8,11-12,15-17,29H,3-5,9-10,13-14,18H2,1-2H3,(H,27,31). The third-order valence-electron chi connectivity index (χ3n) is 5.63. The fraction of sp³-hybridized carbons (Fsp3) is 0.385. The van der Waals surface area contributed by atoms with E-state index in [-0.39, 0.29) is 22.5 Å². The molecule has 1 aromatic heterocycles. The Bertz CT molecular complexity index is 1110. The number of amides is 1. The zero-order chi connectivity index (χ0) is 23.6. The first-order valence-corrected chi connectivity index (χ1v) is 11.4. The number of nitrogens with one attached hydrogen (secondary N) is 1. The molecule has 0 aliphatic carbocycles. The molecule has 176 valence electrons. The van der Waals surface area contributed by atoms with Crippen molar-refractivity contribution >= 4 is 16.9 Å². The number of fused-ring (bicyclic) bond motifs is 1. The van der Waals surface area contributed by atoms with E-state index in [0.717, 1.165) is 51.4 Å². The van der Waals surface area contributed by atoms with Gasteiger partial charge in [-0.15, -0.1) is 0 Å².